The molecule has 1 saturated heterocycles. The normalized spacial score (nSPS) is 29.2. The maximum atomic E-state index is 12.3. The van der Waals surface area contributed by atoms with Gasteiger partial charge in [-0.15, -0.1) is 0 Å². The van der Waals surface area contributed by atoms with Crippen LogP contribution in [0.25, 0.3) is 0 Å². The highest BCUT2D eigenvalue weighted by molar-refractivity contribution is 7.85. The quantitative estimate of drug-likeness (QED) is 0.521. The van der Waals surface area contributed by atoms with Gasteiger partial charge in [-0.1, -0.05) is 43.7 Å². The van der Waals surface area contributed by atoms with Crippen molar-refractivity contribution in [2.45, 2.75) is 69.8 Å². The Morgan fingerprint density at radius 3 is 2.76 bits per heavy atom. The SMILES string of the molecule is CCNC(=NCC1CCCOC1c1ccccc1)NC1CCCC(S(=O)CC)C1. The minimum Gasteiger partial charge on any atom is -0.373 e. The van der Waals surface area contributed by atoms with Crippen LogP contribution in [0, 0.1) is 5.92 Å². The number of ether oxygens (including phenoxy) is 1. The summed E-state index contributed by atoms with van der Waals surface area (Å²) in [6.07, 6.45) is 6.70. The molecule has 1 aliphatic heterocycles. The van der Waals surface area contributed by atoms with Crippen molar-refractivity contribution in [1.29, 1.82) is 0 Å². The zero-order valence-electron chi connectivity index (χ0n) is 17.9. The fraction of sp³-hybridized carbons (Fsp3) is 0.696. The lowest BCUT2D eigenvalue weighted by Gasteiger charge is -2.32. The highest BCUT2D eigenvalue weighted by Gasteiger charge is 2.28. The number of guanidine groups is 1. The topological polar surface area (TPSA) is 62.7 Å². The molecule has 5 nitrogen and oxygen atoms in total. The van der Waals surface area contributed by atoms with Gasteiger partial charge in [0.15, 0.2) is 5.96 Å². The molecule has 0 amide bonds. The summed E-state index contributed by atoms with van der Waals surface area (Å²) in [5, 5.41) is 7.35. The van der Waals surface area contributed by atoms with Crippen LogP contribution in [0.4, 0.5) is 0 Å². The van der Waals surface area contributed by atoms with E-state index in [1.807, 2.05) is 6.92 Å². The number of hydrogen-bond donors (Lipinski definition) is 2. The van der Waals surface area contributed by atoms with Crippen LogP contribution >= 0.6 is 0 Å². The summed E-state index contributed by atoms with van der Waals surface area (Å²) in [7, 11) is -0.703. The molecule has 2 fully saturated rings. The predicted molar refractivity (Wildman–Crippen MR) is 122 cm³/mol. The molecule has 1 heterocycles. The maximum absolute atomic E-state index is 12.3. The van der Waals surface area contributed by atoms with Crippen LogP contribution in [0.3, 0.4) is 0 Å². The summed E-state index contributed by atoms with van der Waals surface area (Å²) < 4.78 is 18.4. The third kappa shape index (κ3) is 6.54. The van der Waals surface area contributed by atoms with Gasteiger partial charge in [-0.3, -0.25) is 9.20 Å². The van der Waals surface area contributed by atoms with Gasteiger partial charge in [0.05, 0.1) is 6.10 Å². The highest BCUT2D eigenvalue weighted by atomic mass is 32.2. The summed E-state index contributed by atoms with van der Waals surface area (Å²) in [5.41, 5.74) is 1.25. The van der Waals surface area contributed by atoms with E-state index in [0.717, 1.165) is 69.9 Å². The first-order chi connectivity index (χ1) is 14.2. The van der Waals surface area contributed by atoms with E-state index >= 15 is 0 Å². The Morgan fingerprint density at radius 1 is 1.17 bits per heavy atom. The van der Waals surface area contributed by atoms with Gasteiger partial charge < -0.3 is 15.4 Å². The molecular formula is C23H37N3O2S. The van der Waals surface area contributed by atoms with Crippen LogP contribution in [0.2, 0.25) is 0 Å². The molecule has 0 radical (unpaired) electrons. The standard InChI is InChI=1S/C23H37N3O2S/c1-3-24-23(26-20-13-8-14-21(16-20)29(27)4-2)25-17-19-12-9-15-28-22(19)18-10-6-5-7-11-18/h5-7,10-11,19-22H,3-4,8-9,12-17H2,1-2H3,(H2,24,25,26). The number of benzene rings is 1. The molecule has 2 N–H and O–H groups in total. The molecule has 3 rings (SSSR count). The minimum atomic E-state index is -0.703. The molecule has 5 atom stereocenters. The first-order valence-corrected chi connectivity index (χ1v) is 12.7. The van der Waals surface area contributed by atoms with Crippen LogP contribution in [-0.2, 0) is 15.5 Å². The van der Waals surface area contributed by atoms with Gasteiger partial charge in [0.2, 0.25) is 0 Å². The van der Waals surface area contributed by atoms with Gasteiger partial charge in [0, 0.05) is 53.5 Å². The predicted octanol–water partition coefficient (Wildman–Crippen LogP) is 3.79. The fourth-order valence-electron chi connectivity index (χ4n) is 4.51. The smallest absolute Gasteiger partial charge is 0.191 e. The molecule has 2 aliphatic rings. The zero-order chi connectivity index (χ0) is 20.5. The lowest BCUT2D eigenvalue weighted by Crippen LogP contribution is -2.47. The first-order valence-electron chi connectivity index (χ1n) is 11.3. The molecule has 5 unspecified atom stereocenters. The Morgan fingerprint density at radius 2 is 2.00 bits per heavy atom. The lowest BCUT2D eigenvalue weighted by molar-refractivity contribution is -0.0250. The Kier molecular flexibility index (Phi) is 8.99. The van der Waals surface area contributed by atoms with E-state index in [1.54, 1.807) is 0 Å². The Bertz CT molecular complexity index is 667. The van der Waals surface area contributed by atoms with E-state index in [4.69, 9.17) is 9.73 Å². The minimum absolute atomic E-state index is 0.127. The highest BCUT2D eigenvalue weighted by Crippen LogP contribution is 2.33. The van der Waals surface area contributed by atoms with Gasteiger partial charge in [-0.05, 0) is 44.6 Å². The van der Waals surface area contributed by atoms with Crippen molar-refractivity contribution in [2.75, 3.05) is 25.4 Å². The Hall–Kier alpha value is -1.40. The number of nitrogens with zero attached hydrogens (tertiary/aromatic N) is 1. The van der Waals surface area contributed by atoms with Crippen molar-refractivity contribution in [3.63, 3.8) is 0 Å². The van der Waals surface area contributed by atoms with Gasteiger partial charge in [-0.25, -0.2) is 0 Å². The van der Waals surface area contributed by atoms with Crippen molar-refractivity contribution in [3.8, 4) is 0 Å². The molecule has 1 aromatic rings. The first kappa shape index (κ1) is 22.3. The van der Waals surface area contributed by atoms with E-state index < -0.39 is 10.8 Å². The molecule has 1 saturated carbocycles. The molecule has 0 bridgehead atoms. The number of hydrogen-bond acceptors (Lipinski definition) is 3. The van der Waals surface area contributed by atoms with Crippen LogP contribution < -0.4 is 10.6 Å². The second kappa shape index (κ2) is 11.7. The summed E-state index contributed by atoms with van der Waals surface area (Å²) >= 11 is 0. The van der Waals surface area contributed by atoms with E-state index in [9.17, 15) is 4.21 Å². The lowest BCUT2D eigenvalue weighted by atomic mass is 9.89. The van der Waals surface area contributed by atoms with Crippen molar-refractivity contribution in [2.24, 2.45) is 10.9 Å². The molecule has 0 spiro atoms. The monoisotopic (exact) mass is 419 g/mol. The second-order valence-electron chi connectivity index (χ2n) is 8.12. The number of rotatable bonds is 7. The molecule has 162 valence electrons. The summed E-state index contributed by atoms with van der Waals surface area (Å²) in [4.78, 5) is 4.94. The molecule has 1 aromatic carbocycles. The molecular weight excluding hydrogens is 382 g/mol. The maximum Gasteiger partial charge on any atom is 0.191 e. The average Bonchev–Trinajstić information content (AvgIpc) is 2.78. The van der Waals surface area contributed by atoms with Crippen LogP contribution in [0.1, 0.15) is 64.0 Å². The van der Waals surface area contributed by atoms with Crippen molar-refractivity contribution >= 4 is 16.8 Å². The molecule has 29 heavy (non-hydrogen) atoms. The Labute approximate surface area is 178 Å². The van der Waals surface area contributed by atoms with E-state index in [-0.39, 0.29) is 6.10 Å². The van der Waals surface area contributed by atoms with Crippen LogP contribution in [0.5, 0.6) is 0 Å². The third-order valence-electron chi connectivity index (χ3n) is 6.02. The second-order valence-corrected chi connectivity index (χ2v) is 10.1. The zero-order valence-corrected chi connectivity index (χ0v) is 18.8. The number of nitrogens with one attached hydrogen (secondary N) is 2. The number of aliphatic imine (C=N–C) groups is 1. The van der Waals surface area contributed by atoms with E-state index in [2.05, 4.69) is 47.9 Å². The Balaban J connectivity index is 1.62. The largest absolute Gasteiger partial charge is 0.373 e. The van der Waals surface area contributed by atoms with Gasteiger partial charge in [0.25, 0.3) is 0 Å². The van der Waals surface area contributed by atoms with Crippen molar-refractivity contribution < 1.29 is 8.95 Å². The van der Waals surface area contributed by atoms with Crippen LogP contribution in [0.15, 0.2) is 35.3 Å². The summed E-state index contributed by atoms with van der Waals surface area (Å²) in [5.74, 6) is 2.04. The fourth-order valence-corrected chi connectivity index (χ4v) is 5.86. The van der Waals surface area contributed by atoms with Gasteiger partial charge >= 0.3 is 0 Å². The van der Waals surface area contributed by atoms with Gasteiger partial charge in [0.1, 0.15) is 0 Å². The van der Waals surface area contributed by atoms with Crippen molar-refractivity contribution in [3.05, 3.63) is 35.9 Å². The molecule has 0 aromatic heterocycles. The molecule has 1 aliphatic carbocycles. The third-order valence-corrected chi connectivity index (χ3v) is 7.77. The van der Waals surface area contributed by atoms with E-state index in [0.29, 0.717) is 17.2 Å². The summed E-state index contributed by atoms with van der Waals surface area (Å²) in [6, 6.07) is 10.9. The summed E-state index contributed by atoms with van der Waals surface area (Å²) in [6.45, 7) is 6.55. The van der Waals surface area contributed by atoms with Gasteiger partial charge in [-0.2, -0.15) is 0 Å². The van der Waals surface area contributed by atoms with Crippen LogP contribution in [-0.4, -0.2) is 46.9 Å². The average molecular weight is 420 g/mol. The van der Waals surface area contributed by atoms with E-state index in [1.165, 1.54) is 5.56 Å². The van der Waals surface area contributed by atoms with Crippen molar-refractivity contribution in [1.82, 2.24) is 10.6 Å². The molecule has 6 heteroatoms.